The molecule has 0 fully saturated rings. The average Bonchev–Trinajstić information content (AvgIpc) is 2.65. The molecule has 2 aromatic carbocycles. The lowest BCUT2D eigenvalue weighted by molar-refractivity contribution is -0.117. The van der Waals surface area contributed by atoms with Gasteiger partial charge in [0, 0.05) is 23.7 Å². The molecule has 0 saturated carbocycles. The molecular weight excluding hydrogens is 318 g/mol. The van der Waals surface area contributed by atoms with Gasteiger partial charge in [0.2, 0.25) is 5.91 Å². The van der Waals surface area contributed by atoms with E-state index in [1.165, 1.54) is 6.08 Å². The van der Waals surface area contributed by atoms with Gasteiger partial charge < -0.3 is 5.32 Å². The highest BCUT2D eigenvalue weighted by Gasteiger charge is 2.06. The van der Waals surface area contributed by atoms with Crippen molar-refractivity contribution in [3.05, 3.63) is 71.8 Å². The predicted molar refractivity (Wildman–Crippen MR) is 96.4 cm³/mol. The summed E-state index contributed by atoms with van der Waals surface area (Å²) in [5.41, 5.74) is 6.50. The summed E-state index contributed by atoms with van der Waals surface area (Å²) in [6.45, 7) is 1.76. The normalized spacial score (nSPS) is 10.3. The van der Waals surface area contributed by atoms with Crippen LogP contribution in [0, 0.1) is 0 Å². The SMILES string of the molecule is CCC(=O)Nc1ccc(C(=O)NNC(=O)/C=C\c2ccccc2)cc1. The zero-order valence-electron chi connectivity index (χ0n) is 13.8. The third kappa shape index (κ3) is 5.95. The molecule has 0 unspecified atom stereocenters. The van der Waals surface area contributed by atoms with Crippen molar-refractivity contribution in [3.8, 4) is 0 Å². The lowest BCUT2D eigenvalue weighted by Crippen LogP contribution is -2.40. The van der Waals surface area contributed by atoms with Gasteiger partial charge in [0.25, 0.3) is 11.8 Å². The van der Waals surface area contributed by atoms with Crippen LogP contribution in [0.15, 0.2) is 60.7 Å². The van der Waals surface area contributed by atoms with E-state index in [0.717, 1.165) is 5.56 Å². The summed E-state index contributed by atoms with van der Waals surface area (Å²) < 4.78 is 0. The van der Waals surface area contributed by atoms with Gasteiger partial charge in [-0.3, -0.25) is 25.2 Å². The summed E-state index contributed by atoms with van der Waals surface area (Å²) in [5, 5.41) is 2.69. The molecule has 128 valence electrons. The molecule has 2 aromatic rings. The number of hydrogen-bond acceptors (Lipinski definition) is 3. The molecule has 25 heavy (non-hydrogen) atoms. The van der Waals surface area contributed by atoms with Crippen molar-refractivity contribution in [2.24, 2.45) is 0 Å². The maximum absolute atomic E-state index is 12.0. The summed E-state index contributed by atoms with van der Waals surface area (Å²) in [7, 11) is 0. The lowest BCUT2D eigenvalue weighted by atomic mass is 10.2. The number of hydrazine groups is 1. The molecule has 6 heteroatoms. The standard InChI is InChI=1S/C19H19N3O3/c1-2-17(23)20-16-11-9-15(10-12-16)19(25)22-21-18(24)13-8-14-6-4-3-5-7-14/h3-13H,2H2,1H3,(H,20,23)(H,21,24)(H,22,25)/b13-8-. The third-order valence-corrected chi connectivity index (χ3v) is 3.28. The maximum atomic E-state index is 12.0. The molecule has 0 atom stereocenters. The quantitative estimate of drug-likeness (QED) is 0.579. The molecule has 3 amide bonds. The first-order valence-electron chi connectivity index (χ1n) is 7.82. The van der Waals surface area contributed by atoms with Crippen LogP contribution in [0.5, 0.6) is 0 Å². The van der Waals surface area contributed by atoms with E-state index in [-0.39, 0.29) is 5.91 Å². The van der Waals surface area contributed by atoms with Crippen LogP contribution in [0.2, 0.25) is 0 Å². The molecule has 6 nitrogen and oxygen atoms in total. The number of amides is 3. The molecule has 0 aliphatic rings. The van der Waals surface area contributed by atoms with Crippen LogP contribution in [0.3, 0.4) is 0 Å². The van der Waals surface area contributed by atoms with E-state index in [1.54, 1.807) is 37.3 Å². The number of nitrogens with one attached hydrogen (secondary N) is 3. The van der Waals surface area contributed by atoms with Crippen molar-refractivity contribution in [1.82, 2.24) is 10.9 Å². The Balaban J connectivity index is 1.84. The first kappa shape index (κ1) is 17.9. The smallest absolute Gasteiger partial charge is 0.269 e. The minimum Gasteiger partial charge on any atom is -0.326 e. The fraction of sp³-hybridized carbons (Fsp3) is 0.105. The summed E-state index contributed by atoms with van der Waals surface area (Å²) in [5.74, 6) is -0.992. The molecule has 0 bridgehead atoms. The highest BCUT2D eigenvalue weighted by Crippen LogP contribution is 2.09. The van der Waals surface area contributed by atoms with Gasteiger partial charge in [-0.25, -0.2) is 0 Å². The van der Waals surface area contributed by atoms with Crippen LogP contribution in [0.4, 0.5) is 5.69 Å². The van der Waals surface area contributed by atoms with Crippen LogP contribution in [-0.2, 0) is 9.59 Å². The summed E-state index contributed by atoms with van der Waals surface area (Å²) in [6, 6.07) is 15.7. The average molecular weight is 337 g/mol. The second-order valence-electron chi connectivity index (χ2n) is 5.17. The molecule has 2 rings (SSSR count). The highest BCUT2D eigenvalue weighted by molar-refractivity contribution is 5.98. The number of carbonyl (C=O) groups excluding carboxylic acids is 3. The first-order valence-corrected chi connectivity index (χ1v) is 7.82. The zero-order chi connectivity index (χ0) is 18.1. The molecule has 0 spiro atoms. The van der Waals surface area contributed by atoms with Crippen molar-refractivity contribution in [2.45, 2.75) is 13.3 Å². The van der Waals surface area contributed by atoms with E-state index >= 15 is 0 Å². The molecule has 0 radical (unpaired) electrons. The van der Waals surface area contributed by atoms with Gasteiger partial charge in [-0.2, -0.15) is 0 Å². The van der Waals surface area contributed by atoms with Crippen LogP contribution in [0.1, 0.15) is 29.3 Å². The largest absolute Gasteiger partial charge is 0.326 e. The number of benzene rings is 2. The molecule has 0 aliphatic heterocycles. The van der Waals surface area contributed by atoms with Crippen LogP contribution >= 0.6 is 0 Å². The van der Waals surface area contributed by atoms with E-state index < -0.39 is 11.8 Å². The Morgan fingerprint density at radius 3 is 2.24 bits per heavy atom. The van der Waals surface area contributed by atoms with E-state index in [2.05, 4.69) is 16.2 Å². The number of carbonyl (C=O) groups is 3. The molecule has 0 saturated heterocycles. The molecule has 3 N–H and O–H groups in total. The zero-order valence-corrected chi connectivity index (χ0v) is 13.8. The van der Waals surface area contributed by atoms with Crippen molar-refractivity contribution in [3.63, 3.8) is 0 Å². The van der Waals surface area contributed by atoms with Gasteiger partial charge in [0.15, 0.2) is 0 Å². The second kappa shape index (κ2) is 9.02. The topological polar surface area (TPSA) is 87.3 Å². The maximum Gasteiger partial charge on any atom is 0.269 e. The van der Waals surface area contributed by atoms with Crippen molar-refractivity contribution in [1.29, 1.82) is 0 Å². The Labute approximate surface area is 145 Å². The van der Waals surface area contributed by atoms with E-state index in [4.69, 9.17) is 0 Å². The summed E-state index contributed by atoms with van der Waals surface area (Å²) in [6.07, 6.45) is 3.36. The van der Waals surface area contributed by atoms with Gasteiger partial charge in [-0.05, 0) is 35.9 Å². The molecule has 0 aliphatic carbocycles. The summed E-state index contributed by atoms with van der Waals surface area (Å²) in [4.78, 5) is 35.0. The minimum atomic E-state index is -0.449. The Morgan fingerprint density at radius 1 is 0.920 bits per heavy atom. The minimum absolute atomic E-state index is 0.102. The van der Waals surface area contributed by atoms with E-state index in [0.29, 0.717) is 17.7 Å². The van der Waals surface area contributed by atoms with E-state index in [9.17, 15) is 14.4 Å². The Morgan fingerprint density at radius 2 is 1.60 bits per heavy atom. The molecule has 0 heterocycles. The number of hydrogen-bond donors (Lipinski definition) is 3. The first-order chi connectivity index (χ1) is 12.1. The number of anilines is 1. The van der Waals surface area contributed by atoms with Crippen LogP contribution in [0.25, 0.3) is 6.08 Å². The van der Waals surface area contributed by atoms with Crippen molar-refractivity contribution in [2.75, 3.05) is 5.32 Å². The van der Waals surface area contributed by atoms with Crippen molar-refractivity contribution < 1.29 is 14.4 Å². The van der Waals surface area contributed by atoms with Crippen LogP contribution < -0.4 is 16.2 Å². The van der Waals surface area contributed by atoms with Crippen LogP contribution in [-0.4, -0.2) is 17.7 Å². The van der Waals surface area contributed by atoms with Gasteiger partial charge in [0.05, 0.1) is 0 Å². The fourth-order valence-corrected chi connectivity index (χ4v) is 1.92. The Hall–Kier alpha value is -3.41. The molecule has 0 aromatic heterocycles. The Kier molecular flexibility index (Phi) is 6.47. The monoisotopic (exact) mass is 337 g/mol. The van der Waals surface area contributed by atoms with Gasteiger partial charge >= 0.3 is 0 Å². The third-order valence-electron chi connectivity index (χ3n) is 3.28. The highest BCUT2D eigenvalue weighted by atomic mass is 16.2. The van der Waals surface area contributed by atoms with E-state index in [1.807, 2.05) is 30.3 Å². The van der Waals surface area contributed by atoms with Crippen molar-refractivity contribution >= 4 is 29.5 Å². The second-order valence-corrected chi connectivity index (χ2v) is 5.17. The van der Waals surface area contributed by atoms with Gasteiger partial charge in [0.1, 0.15) is 0 Å². The summed E-state index contributed by atoms with van der Waals surface area (Å²) >= 11 is 0. The van der Waals surface area contributed by atoms with Gasteiger partial charge in [-0.15, -0.1) is 0 Å². The Bertz CT molecular complexity index is 768. The number of rotatable bonds is 5. The predicted octanol–water partition coefficient (Wildman–Crippen LogP) is 2.51. The fourth-order valence-electron chi connectivity index (χ4n) is 1.92. The lowest BCUT2D eigenvalue weighted by Gasteiger charge is -2.07. The van der Waals surface area contributed by atoms with Gasteiger partial charge in [-0.1, -0.05) is 37.3 Å². The molecular formula is C19H19N3O3.